The van der Waals surface area contributed by atoms with Gasteiger partial charge in [0.2, 0.25) is 5.91 Å². The van der Waals surface area contributed by atoms with Gasteiger partial charge in [-0.1, -0.05) is 70.6 Å². The maximum atomic E-state index is 12.5. The fourth-order valence-corrected chi connectivity index (χ4v) is 5.83. The molecule has 2 N–H and O–H groups in total. The van der Waals surface area contributed by atoms with Crippen LogP contribution in [0.5, 0.6) is 0 Å². The van der Waals surface area contributed by atoms with Gasteiger partial charge in [0, 0.05) is 21.1 Å². The molecule has 3 rings (SSSR count). The van der Waals surface area contributed by atoms with Crippen LogP contribution in [0.25, 0.3) is 11.6 Å². The summed E-state index contributed by atoms with van der Waals surface area (Å²) in [4.78, 5) is 12.5. The summed E-state index contributed by atoms with van der Waals surface area (Å²) in [5.74, 6) is -0.372. The van der Waals surface area contributed by atoms with Crippen LogP contribution < -0.4 is 5.73 Å². The molecule has 2 aliphatic rings. The number of allylic oxidation sites excluding steroid dienone is 1. The molecule has 1 atom stereocenters. The highest BCUT2D eigenvalue weighted by atomic mass is 28.2. The summed E-state index contributed by atoms with van der Waals surface area (Å²) < 4.78 is 5.81. The third-order valence-corrected chi connectivity index (χ3v) is 7.57. The number of amides is 1. The number of hydrogen-bond donors (Lipinski definition) is 1. The number of methoxy groups -OCH3 is 1. The van der Waals surface area contributed by atoms with Crippen LogP contribution in [0.3, 0.4) is 0 Å². The maximum absolute atomic E-state index is 12.5. The molecule has 0 fully saturated rings. The van der Waals surface area contributed by atoms with Gasteiger partial charge in [0.1, 0.15) is 0 Å². The van der Waals surface area contributed by atoms with Gasteiger partial charge in [-0.05, 0) is 57.3 Å². The minimum Gasteiger partial charge on any atom is -0.373 e. The van der Waals surface area contributed by atoms with E-state index < -0.39 is 8.41 Å². The number of nitrogens with two attached hydrogens (primary N) is 1. The molecule has 154 valence electrons. The van der Waals surface area contributed by atoms with Crippen molar-refractivity contribution in [3.05, 3.63) is 57.7 Å². The highest BCUT2D eigenvalue weighted by Crippen LogP contribution is 2.40. The van der Waals surface area contributed by atoms with E-state index in [2.05, 4.69) is 59.0 Å². The summed E-state index contributed by atoms with van der Waals surface area (Å²) in [6.07, 6.45) is 8.03. The molecular formula is C25H33NO2Si. The van der Waals surface area contributed by atoms with Crippen LogP contribution in [0.2, 0.25) is 13.1 Å². The Labute approximate surface area is 176 Å². The summed E-state index contributed by atoms with van der Waals surface area (Å²) in [5, 5.41) is 1.23. The first kappa shape index (κ1) is 21.7. The van der Waals surface area contributed by atoms with Crippen molar-refractivity contribution in [3.63, 3.8) is 0 Å². The lowest BCUT2D eigenvalue weighted by Crippen LogP contribution is -2.33. The molecule has 2 aliphatic carbocycles. The highest BCUT2D eigenvalue weighted by Gasteiger charge is 2.31. The van der Waals surface area contributed by atoms with E-state index in [-0.39, 0.29) is 17.4 Å². The van der Waals surface area contributed by atoms with Crippen LogP contribution in [0, 0.1) is 0 Å². The maximum Gasteiger partial charge on any atom is 0.249 e. The van der Waals surface area contributed by atoms with Crippen LogP contribution >= 0.6 is 0 Å². The van der Waals surface area contributed by atoms with Crippen LogP contribution in [0.15, 0.2) is 35.4 Å². The van der Waals surface area contributed by atoms with Crippen LogP contribution in [-0.2, 0) is 21.4 Å². The normalized spacial score (nSPS) is 18.8. The summed E-state index contributed by atoms with van der Waals surface area (Å²) in [5.41, 5.74) is 14.0. The molecule has 0 heterocycles. The van der Waals surface area contributed by atoms with Gasteiger partial charge in [0.15, 0.2) is 0 Å². The molecule has 0 saturated carbocycles. The average molecular weight is 408 g/mol. The Morgan fingerprint density at radius 3 is 2.48 bits per heavy atom. The topological polar surface area (TPSA) is 52.3 Å². The quantitative estimate of drug-likeness (QED) is 0.738. The molecule has 3 nitrogen and oxygen atoms in total. The zero-order valence-electron chi connectivity index (χ0n) is 18.8. The molecule has 0 aliphatic heterocycles. The Morgan fingerprint density at radius 2 is 1.97 bits per heavy atom. The fraction of sp³-hybridized carbons (Fsp3) is 0.440. The van der Waals surface area contributed by atoms with Crippen LogP contribution in [0.4, 0.5) is 0 Å². The smallest absolute Gasteiger partial charge is 0.249 e. The van der Waals surface area contributed by atoms with Crippen molar-refractivity contribution in [1.29, 1.82) is 0 Å². The number of carbonyl (C=O) groups is 1. The summed E-state index contributed by atoms with van der Waals surface area (Å²) >= 11 is 0. The molecule has 4 heteroatoms. The predicted molar refractivity (Wildman–Crippen MR) is 126 cm³/mol. The van der Waals surface area contributed by atoms with Crippen molar-refractivity contribution in [3.8, 4) is 0 Å². The van der Waals surface area contributed by atoms with Crippen molar-refractivity contribution >= 4 is 31.1 Å². The molecule has 0 spiro atoms. The molecule has 0 radical (unpaired) electrons. The second kappa shape index (κ2) is 8.00. The Kier molecular flexibility index (Phi) is 5.97. The highest BCUT2D eigenvalue weighted by molar-refractivity contribution is 6.78. The molecule has 1 aromatic carbocycles. The third-order valence-electron chi connectivity index (χ3n) is 5.96. The second-order valence-electron chi connectivity index (χ2n) is 9.26. The average Bonchev–Trinajstić information content (AvgIpc) is 3.08. The van der Waals surface area contributed by atoms with Crippen molar-refractivity contribution < 1.29 is 9.53 Å². The zero-order valence-corrected chi connectivity index (χ0v) is 19.8. The number of ether oxygens (including phenoxy) is 1. The van der Waals surface area contributed by atoms with E-state index in [0.29, 0.717) is 5.57 Å². The minimum atomic E-state index is -0.882. The molecule has 0 bridgehead atoms. The number of primary amides is 1. The summed E-state index contributed by atoms with van der Waals surface area (Å²) in [7, 11) is 0.854. The molecule has 0 aromatic heterocycles. The van der Waals surface area contributed by atoms with Crippen LogP contribution in [0.1, 0.15) is 56.4 Å². The predicted octanol–water partition coefficient (Wildman–Crippen LogP) is 4.67. The van der Waals surface area contributed by atoms with Gasteiger partial charge in [0.05, 0.1) is 6.10 Å². The van der Waals surface area contributed by atoms with Gasteiger partial charge in [-0.3, -0.25) is 4.79 Å². The lowest BCUT2D eigenvalue weighted by atomic mass is 9.80. The molecule has 1 unspecified atom stereocenters. The third kappa shape index (κ3) is 4.01. The lowest BCUT2D eigenvalue weighted by molar-refractivity contribution is -0.114. The second-order valence-corrected chi connectivity index (χ2v) is 11.8. The van der Waals surface area contributed by atoms with Gasteiger partial charge in [-0.2, -0.15) is 0 Å². The van der Waals surface area contributed by atoms with E-state index in [9.17, 15) is 4.79 Å². The molecule has 1 amide bonds. The zero-order chi connectivity index (χ0) is 21.5. The van der Waals surface area contributed by atoms with Crippen molar-refractivity contribution in [2.45, 2.75) is 65.1 Å². The van der Waals surface area contributed by atoms with Crippen LogP contribution in [-0.4, -0.2) is 32.7 Å². The number of fused-ring (bicyclic) bond motifs is 1. The van der Waals surface area contributed by atoms with Crippen molar-refractivity contribution in [1.82, 2.24) is 0 Å². The van der Waals surface area contributed by atoms with E-state index in [1.165, 1.54) is 27.4 Å². The van der Waals surface area contributed by atoms with E-state index in [4.69, 9.17) is 10.5 Å². The first-order valence-electron chi connectivity index (χ1n) is 10.4. The van der Waals surface area contributed by atoms with Crippen molar-refractivity contribution in [2.24, 2.45) is 5.73 Å². The first-order chi connectivity index (χ1) is 13.6. The Morgan fingerprint density at radius 1 is 1.28 bits per heavy atom. The fourth-order valence-electron chi connectivity index (χ4n) is 4.28. The Hall–Kier alpha value is -2.04. The number of hydrogen-bond acceptors (Lipinski definition) is 2. The van der Waals surface area contributed by atoms with Gasteiger partial charge < -0.3 is 10.5 Å². The number of benzene rings is 1. The SMILES string of the molecule is CCC1=Cc2cc(C(C)(C)C)cc(C3=C(C(N)=O)C=CC(OC)C3=[Si](C)C)c2C1. The standard InChI is InChI=1S/C25H33NO2Si/c1-8-15-11-16-13-17(25(2,3)4)14-20(19(16)12-15)22-18(24(26)27)9-10-21(28-5)23(22)29(6)7/h9-11,13-14,21H,8,12H2,1-7H3,(H2,26,27). The van der Waals surface area contributed by atoms with Gasteiger partial charge in [-0.15, -0.1) is 0 Å². The largest absolute Gasteiger partial charge is 0.373 e. The summed E-state index contributed by atoms with van der Waals surface area (Å²) in [6.45, 7) is 13.4. The van der Waals surface area contributed by atoms with E-state index >= 15 is 0 Å². The van der Waals surface area contributed by atoms with Gasteiger partial charge >= 0.3 is 0 Å². The lowest BCUT2D eigenvalue weighted by Gasteiger charge is -2.29. The number of rotatable bonds is 4. The Bertz CT molecular complexity index is 983. The monoisotopic (exact) mass is 407 g/mol. The molecule has 29 heavy (non-hydrogen) atoms. The van der Waals surface area contributed by atoms with E-state index in [0.717, 1.165) is 24.0 Å². The molecular weight excluding hydrogens is 374 g/mol. The van der Waals surface area contributed by atoms with E-state index in [1.807, 2.05) is 12.2 Å². The Balaban J connectivity index is 2.39. The molecule has 0 saturated heterocycles. The number of carbonyl (C=O) groups excluding carboxylic acids is 1. The van der Waals surface area contributed by atoms with Crippen molar-refractivity contribution in [2.75, 3.05) is 7.11 Å². The molecule has 1 aromatic rings. The summed E-state index contributed by atoms with van der Waals surface area (Å²) in [6, 6.07) is 4.61. The van der Waals surface area contributed by atoms with Gasteiger partial charge in [0.25, 0.3) is 0 Å². The first-order valence-corrected chi connectivity index (χ1v) is 12.9. The minimum absolute atomic E-state index is 0.0115. The van der Waals surface area contributed by atoms with Gasteiger partial charge in [-0.25, -0.2) is 0 Å². The van der Waals surface area contributed by atoms with E-state index in [1.54, 1.807) is 7.11 Å².